The highest BCUT2D eigenvalue weighted by Gasteiger charge is 2.45. The van der Waals surface area contributed by atoms with Gasteiger partial charge in [0, 0.05) is 46.9 Å². The standard InChI is InChI=1S/C44H53F3N8O5/c1-21(48-3)41(57)52-37(23-5-6-23)43(59)54-19-27(47)13-28(54)17-33-31-11-9-25(45)14-35(31)50-39(33)40-34(32-12-10-26(46)15-36(32)51-40)18-29-16-30(56)20-55(29)44(60)38(24-7-8-24)53-42(58)22(2)49-4/h7,9-12,14-15,21-23,27-30,37-38,48-51,56H,5-6,8,13,16-20H2,1-4H3,(H,52,57)(H,53,58)/t21-,22-,27-,28-,29-,30-,37-,38-/m0/s1. The maximum absolute atomic E-state index is 15.5. The van der Waals surface area contributed by atoms with Crippen LogP contribution in [-0.2, 0) is 32.0 Å². The maximum atomic E-state index is 15.5. The van der Waals surface area contributed by atoms with Gasteiger partial charge in [0.1, 0.15) is 29.9 Å². The number of allylic oxidation sites excluding steroid dienone is 1. The number of H-pyrrole nitrogens is 2. The molecule has 2 aromatic carbocycles. The fourth-order valence-corrected chi connectivity index (χ4v) is 9.03. The minimum absolute atomic E-state index is 0.0456. The third-order valence-electron chi connectivity index (χ3n) is 12.8. The molecule has 0 spiro atoms. The second-order valence-electron chi connectivity index (χ2n) is 17.0. The summed E-state index contributed by atoms with van der Waals surface area (Å²) in [7, 11) is 3.32. The molecule has 1 saturated carbocycles. The van der Waals surface area contributed by atoms with Crippen molar-refractivity contribution in [1.82, 2.24) is 41.0 Å². The van der Waals surface area contributed by atoms with Gasteiger partial charge in [-0.2, -0.15) is 0 Å². The zero-order valence-electron chi connectivity index (χ0n) is 34.2. The van der Waals surface area contributed by atoms with Crippen molar-refractivity contribution in [3.05, 3.63) is 70.8 Å². The second-order valence-corrected chi connectivity index (χ2v) is 17.0. The van der Waals surface area contributed by atoms with E-state index >= 15 is 4.39 Å². The Balaban J connectivity index is 1.16. The Hall–Kier alpha value is -5.19. The molecule has 320 valence electrons. The van der Waals surface area contributed by atoms with Gasteiger partial charge >= 0.3 is 0 Å². The Morgan fingerprint density at radius 1 is 0.783 bits per heavy atom. The Bertz CT molecular complexity index is 2360. The molecule has 2 aliphatic carbocycles. The highest BCUT2D eigenvalue weighted by Crippen LogP contribution is 2.41. The summed E-state index contributed by atoms with van der Waals surface area (Å²) in [6.45, 7) is 3.32. The molecule has 4 aliphatic rings. The number of nitrogens with one attached hydrogen (secondary N) is 6. The number of hydrogen-bond donors (Lipinski definition) is 7. The van der Waals surface area contributed by atoms with E-state index in [0.717, 1.165) is 18.4 Å². The van der Waals surface area contributed by atoms with Gasteiger partial charge in [-0.05, 0) is 125 Å². The lowest BCUT2D eigenvalue weighted by molar-refractivity contribution is -0.138. The number of likely N-dealkylation sites (tertiary alicyclic amines) is 2. The molecule has 16 heteroatoms. The molecule has 0 radical (unpaired) electrons. The number of benzene rings is 2. The first-order valence-electron chi connectivity index (χ1n) is 20.9. The van der Waals surface area contributed by atoms with E-state index in [9.17, 15) is 33.1 Å². The van der Waals surface area contributed by atoms with Crippen molar-refractivity contribution in [3.63, 3.8) is 0 Å². The normalized spacial score (nSPS) is 23.4. The Morgan fingerprint density at radius 3 is 1.82 bits per heavy atom. The lowest BCUT2D eigenvalue weighted by Gasteiger charge is -2.30. The van der Waals surface area contributed by atoms with Crippen molar-refractivity contribution in [3.8, 4) is 11.4 Å². The SMILES string of the molecule is CN[C@@H](C)C(=O)N[C@H](C(=O)N1C[C@@H](O)C[C@H]1Cc1c(-c2[nH]c3cc(F)ccc3c2C[C@@H]2C[C@H](F)CN2C(=O)[C@@H](NC(=O)[C@H](C)NC)C2CC2)[nH]c2cc(F)ccc12)C1=CC1. The van der Waals surface area contributed by atoms with Crippen molar-refractivity contribution < 1.29 is 37.5 Å². The number of fused-ring (bicyclic) bond motifs is 2. The van der Waals surface area contributed by atoms with Gasteiger partial charge in [0.15, 0.2) is 0 Å². The van der Waals surface area contributed by atoms with Crippen LogP contribution >= 0.6 is 0 Å². The van der Waals surface area contributed by atoms with Crippen LogP contribution in [0.1, 0.15) is 57.1 Å². The second kappa shape index (κ2) is 16.7. The molecule has 7 N–H and O–H groups in total. The number of aromatic amines is 2. The van der Waals surface area contributed by atoms with Crippen LogP contribution in [0.5, 0.6) is 0 Å². The number of likely N-dealkylation sites (N-methyl/N-ethyl adjacent to an activating group) is 2. The van der Waals surface area contributed by atoms with Crippen LogP contribution in [-0.4, -0.2) is 124 Å². The average Bonchev–Trinajstić information content (AvgIpc) is 4.13. The number of aliphatic hydroxyl groups is 1. The Morgan fingerprint density at radius 2 is 1.30 bits per heavy atom. The summed E-state index contributed by atoms with van der Waals surface area (Å²) >= 11 is 0. The molecule has 0 unspecified atom stereocenters. The molecule has 8 rings (SSSR count). The van der Waals surface area contributed by atoms with Crippen molar-refractivity contribution >= 4 is 45.4 Å². The van der Waals surface area contributed by atoms with Gasteiger partial charge in [0.05, 0.1) is 36.1 Å². The number of carbonyl (C=O) groups excluding carboxylic acids is 4. The summed E-state index contributed by atoms with van der Waals surface area (Å²) in [5.41, 5.74) is 4.22. The van der Waals surface area contributed by atoms with E-state index in [1.807, 2.05) is 6.08 Å². The first-order chi connectivity index (χ1) is 28.7. The minimum Gasteiger partial charge on any atom is -0.391 e. The molecule has 60 heavy (non-hydrogen) atoms. The molecule has 4 heterocycles. The summed E-state index contributed by atoms with van der Waals surface area (Å²) in [6, 6.07) is 4.86. The molecule has 2 aromatic heterocycles. The van der Waals surface area contributed by atoms with Gasteiger partial charge in [-0.3, -0.25) is 19.2 Å². The largest absolute Gasteiger partial charge is 0.391 e. The van der Waals surface area contributed by atoms with Crippen LogP contribution in [0.4, 0.5) is 13.2 Å². The Labute approximate surface area is 345 Å². The number of halogens is 3. The van der Waals surface area contributed by atoms with E-state index in [1.54, 1.807) is 45.0 Å². The van der Waals surface area contributed by atoms with Crippen LogP contribution in [0.25, 0.3) is 33.2 Å². The van der Waals surface area contributed by atoms with E-state index < -0.39 is 60.2 Å². The fraction of sp³-hybridized carbons (Fsp3) is 0.500. The number of amides is 4. The van der Waals surface area contributed by atoms with Gasteiger partial charge in [0.2, 0.25) is 23.6 Å². The van der Waals surface area contributed by atoms with E-state index in [0.29, 0.717) is 50.7 Å². The van der Waals surface area contributed by atoms with Crippen molar-refractivity contribution in [2.45, 2.75) is 107 Å². The summed E-state index contributed by atoms with van der Waals surface area (Å²) in [6.07, 6.45) is 2.60. The van der Waals surface area contributed by atoms with E-state index in [1.165, 1.54) is 29.2 Å². The van der Waals surface area contributed by atoms with Crippen molar-refractivity contribution in [2.24, 2.45) is 5.92 Å². The number of alkyl halides is 1. The van der Waals surface area contributed by atoms with E-state index in [4.69, 9.17) is 0 Å². The third kappa shape index (κ3) is 8.28. The first-order valence-corrected chi connectivity index (χ1v) is 20.9. The maximum Gasteiger partial charge on any atom is 0.249 e. The number of aliphatic hydroxyl groups excluding tert-OH is 1. The quantitative estimate of drug-likeness (QED) is 0.0899. The molecule has 3 fully saturated rings. The fourth-order valence-electron chi connectivity index (χ4n) is 9.03. The van der Waals surface area contributed by atoms with Crippen LogP contribution < -0.4 is 21.3 Å². The van der Waals surface area contributed by atoms with Gasteiger partial charge in [-0.25, -0.2) is 13.2 Å². The number of rotatable bonds is 15. The summed E-state index contributed by atoms with van der Waals surface area (Å²) < 4.78 is 45.2. The molecule has 2 aliphatic heterocycles. The third-order valence-corrected chi connectivity index (χ3v) is 12.8. The molecular formula is C44H53F3N8O5. The van der Waals surface area contributed by atoms with Crippen molar-refractivity contribution in [1.29, 1.82) is 0 Å². The predicted octanol–water partition coefficient (Wildman–Crippen LogP) is 3.51. The zero-order valence-corrected chi connectivity index (χ0v) is 34.2. The van der Waals surface area contributed by atoms with Gasteiger partial charge in [0.25, 0.3) is 0 Å². The van der Waals surface area contributed by atoms with Crippen LogP contribution in [0, 0.1) is 17.6 Å². The minimum atomic E-state index is -1.30. The lowest BCUT2D eigenvalue weighted by Crippen LogP contribution is -2.54. The lowest BCUT2D eigenvalue weighted by atomic mass is 9.94. The number of β-amino-alcohol motifs (C(OH)–C–C–N with tert-alkyl or cyclic N) is 1. The number of hydrogen-bond acceptors (Lipinski definition) is 7. The molecule has 4 amide bonds. The summed E-state index contributed by atoms with van der Waals surface area (Å²) in [5, 5.41) is 23.9. The predicted molar refractivity (Wildman–Crippen MR) is 220 cm³/mol. The van der Waals surface area contributed by atoms with E-state index in [2.05, 4.69) is 31.2 Å². The summed E-state index contributed by atoms with van der Waals surface area (Å²) in [4.78, 5) is 64.4. The van der Waals surface area contributed by atoms with Crippen LogP contribution in [0.3, 0.4) is 0 Å². The first kappa shape index (κ1) is 41.5. The molecule has 2 saturated heterocycles. The monoisotopic (exact) mass is 830 g/mol. The highest BCUT2D eigenvalue weighted by atomic mass is 19.1. The molecular weight excluding hydrogens is 778 g/mol. The molecule has 13 nitrogen and oxygen atoms in total. The molecule has 4 aromatic rings. The van der Waals surface area contributed by atoms with Crippen LogP contribution in [0.2, 0.25) is 0 Å². The molecule has 8 atom stereocenters. The zero-order chi connectivity index (χ0) is 42.6. The van der Waals surface area contributed by atoms with Crippen LogP contribution in [0.15, 0.2) is 48.0 Å². The van der Waals surface area contributed by atoms with Crippen molar-refractivity contribution in [2.75, 3.05) is 27.2 Å². The average molecular weight is 831 g/mol. The number of carbonyl (C=O) groups is 4. The van der Waals surface area contributed by atoms with E-state index in [-0.39, 0.29) is 68.3 Å². The number of aromatic nitrogens is 2. The smallest absolute Gasteiger partial charge is 0.249 e. The Kier molecular flexibility index (Phi) is 11.6. The van der Waals surface area contributed by atoms with Gasteiger partial charge in [-0.1, -0.05) is 6.08 Å². The topological polar surface area (TPSA) is 175 Å². The van der Waals surface area contributed by atoms with Gasteiger partial charge < -0.3 is 46.1 Å². The summed E-state index contributed by atoms with van der Waals surface area (Å²) in [5.74, 6) is -2.32. The van der Waals surface area contributed by atoms with Gasteiger partial charge in [-0.15, -0.1) is 0 Å². The molecule has 0 bridgehead atoms. The highest BCUT2D eigenvalue weighted by molar-refractivity contribution is 5.97. The number of nitrogens with zero attached hydrogens (tertiary/aromatic N) is 2.